The number of hydrogen-bond acceptors (Lipinski definition) is 6. The number of aromatic nitrogens is 4. The molecular formula is C16H33N5O3S. The van der Waals surface area contributed by atoms with Gasteiger partial charge in [-0.05, 0) is 32.1 Å². The van der Waals surface area contributed by atoms with E-state index in [0.717, 1.165) is 6.42 Å². The van der Waals surface area contributed by atoms with Gasteiger partial charge in [0.15, 0.2) is 5.82 Å². The van der Waals surface area contributed by atoms with Crippen molar-refractivity contribution in [3.05, 3.63) is 5.82 Å². The maximum atomic E-state index is 12.2. The number of nitrogens with one attached hydrogen (secondary N) is 1. The van der Waals surface area contributed by atoms with Crippen molar-refractivity contribution in [1.29, 1.82) is 0 Å². The molecule has 1 heterocycles. The van der Waals surface area contributed by atoms with Crippen molar-refractivity contribution in [1.82, 2.24) is 24.9 Å². The quantitative estimate of drug-likeness (QED) is 0.671. The first kappa shape index (κ1) is 22.0. The van der Waals surface area contributed by atoms with Gasteiger partial charge in [-0.3, -0.25) is 0 Å². The number of likely N-dealkylation sites (N-methyl/N-ethyl adjacent to an activating group) is 1. The van der Waals surface area contributed by atoms with Gasteiger partial charge in [-0.2, -0.15) is 9.52 Å². The van der Waals surface area contributed by atoms with Crippen LogP contribution in [-0.2, 0) is 20.2 Å². The van der Waals surface area contributed by atoms with Crippen molar-refractivity contribution < 1.29 is 13.2 Å². The van der Waals surface area contributed by atoms with E-state index in [0.29, 0.717) is 18.9 Å². The van der Waals surface area contributed by atoms with E-state index in [1.165, 1.54) is 10.6 Å². The highest BCUT2D eigenvalue weighted by atomic mass is 32.2. The zero-order chi connectivity index (χ0) is 19.5. The molecule has 0 fully saturated rings. The van der Waals surface area contributed by atoms with Crippen molar-refractivity contribution in [2.75, 3.05) is 19.9 Å². The molecule has 0 aliphatic heterocycles. The number of aromatic amines is 1. The Hall–Kier alpha value is -1.06. The molecule has 8 nitrogen and oxygen atoms in total. The molecule has 0 radical (unpaired) electrons. The van der Waals surface area contributed by atoms with Gasteiger partial charge in [0.25, 0.3) is 0 Å². The zero-order valence-corrected chi connectivity index (χ0v) is 17.5. The molecule has 0 spiro atoms. The minimum atomic E-state index is -3.35. The van der Waals surface area contributed by atoms with Gasteiger partial charge in [-0.25, -0.2) is 8.42 Å². The van der Waals surface area contributed by atoms with E-state index in [9.17, 15) is 8.42 Å². The van der Waals surface area contributed by atoms with Crippen LogP contribution in [-0.4, -0.2) is 65.4 Å². The van der Waals surface area contributed by atoms with E-state index in [1.807, 2.05) is 13.8 Å². The summed E-state index contributed by atoms with van der Waals surface area (Å²) in [6, 6.07) is -0.303. The fraction of sp³-hybridized carbons (Fsp3) is 0.938. The normalized spacial score (nSPS) is 17.0. The first-order valence-electron chi connectivity index (χ1n) is 8.62. The minimum absolute atomic E-state index is 0.0287. The lowest BCUT2D eigenvalue weighted by Crippen LogP contribution is -2.51. The first-order chi connectivity index (χ1) is 11.3. The summed E-state index contributed by atoms with van der Waals surface area (Å²) < 4.78 is 31.5. The van der Waals surface area contributed by atoms with E-state index in [1.54, 1.807) is 7.05 Å². The molecule has 0 aromatic carbocycles. The smallest absolute Gasteiger partial charge is 0.211 e. The Bertz CT molecular complexity index is 630. The summed E-state index contributed by atoms with van der Waals surface area (Å²) in [6.07, 6.45) is 2.77. The number of H-pyrrole nitrogens is 1. The molecule has 0 aliphatic rings. The van der Waals surface area contributed by atoms with Crippen LogP contribution in [0.1, 0.15) is 60.2 Å². The Morgan fingerprint density at radius 3 is 2.28 bits per heavy atom. The van der Waals surface area contributed by atoms with Crippen LogP contribution in [0.4, 0.5) is 0 Å². The van der Waals surface area contributed by atoms with Crippen LogP contribution in [0.15, 0.2) is 0 Å². The van der Waals surface area contributed by atoms with Gasteiger partial charge < -0.3 is 4.74 Å². The lowest BCUT2D eigenvalue weighted by atomic mass is 9.68. The minimum Gasteiger partial charge on any atom is -0.377 e. The monoisotopic (exact) mass is 375 g/mol. The maximum Gasteiger partial charge on any atom is 0.211 e. The molecule has 146 valence electrons. The van der Waals surface area contributed by atoms with Crippen LogP contribution in [0.2, 0.25) is 0 Å². The van der Waals surface area contributed by atoms with Crippen molar-refractivity contribution >= 4 is 10.0 Å². The number of rotatable bonds is 10. The summed E-state index contributed by atoms with van der Waals surface area (Å²) in [4.78, 5) is 0. The largest absolute Gasteiger partial charge is 0.377 e. The highest BCUT2D eigenvalue weighted by Gasteiger charge is 2.43. The molecule has 0 amide bonds. The Morgan fingerprint density at radius 2 is 1.88 bits per heavy atom. The molecule has 25 heavy (non-hydrogen) atoms. The summed E-state index contributed by atoms with van der Waals surface area (Å²) in [5, 5.41) is 14.5. The average molecular weight is 376 g/mol. The lowest BCUT2D eigenvalue weighted by molar-refractivity contribution is 0.00287. The van der Waals surface area contributed by atoms with Gasteiger partial charge in [0.2, 0.25) is 10.0 Å². The van der Waals surface area contributed by atoms with Gasteiger partial charge in [0, 0.05) is 12.5 Å². The van der Waals surface area contributed by atoms with Crippen molar-refractivity contribution in [2.24, 2.45) is 5.41 Å². The average Bonchev–Trinajstić information content (AvgIpc) is 2.99. The molecule has 1 aromatic heterocycles. The summed E-state index contributed by atoms with van der Waals surface area (Å²) in [7, 11) is -1.73. The Balaban J connectivity index is 3.16. The Morgan fingerprint density at radius 1 is 1.28 bits per heavy atom. The molecule has 0 saturated heterocycles. The van der Waals surface area contributed by atoms with Crippen LogP contribution in [0, 0.1) is 5.41 Å². The summed E-state index contributed by atoms with van der Waals surface area (Å²) in [5.74, 6) is 0.647. The van der Waals surface area contributed by atoms with Gasteiger partial charge in [-0.1, -0.05) is 32.9 Å². The van der Waals surface area contributed by atoms with E-state index in [-0.39, 0.29) is 23.0 Å². The topological polar surface area (TPSA) is 101 Å². The highest BCUT2D eigenvalue weighted by molar-refractivity contribution is 7.88. The molecule has 1 rings (SSSR count). The van der Waals surface area contributed by atoms with Gasteiger partial charge in [0.1, 0.15) is 0 Å². The molecule has 0 bridgehead atoms. The summed E-state index contributed by atoms with van der Waals surface area (Å²) in [6.45, 7) is 12.5. The standard InChI is InChI=1S/C16H33N5O3S/c1-9-16(6,14-17-19-20-18-14)11-15(4,5)13(10-24-12(2)3)21(7)25(8,22)23/h12-13H,9-11H2,1-8H3,(H,17,18,19,20). The Labute approximate surface area is 151 Å². The van der Waals surface area contributed by atoms with Gasteiger partial charge in [-0.15, -0.1) is 10.2 Å². The predicted molar refractivity (Wildman–Crippen MR) is 97.7 cm³/mol. The lowest BCUT2D eigenvalue weighted by Gasteiger charge is -2.43. The molecule has 2 unspecified atom stereocenters. The zero-order valence-electron chi connectivity index (χ0n) is 16.7. The first-order valence-corrected chi connectivity index (χ1v) is 10.5. The summed E-state index contributed by atoms with van der Waals surface area (Å²) in [5.41, 5.74) is -0.678. The van der Waals surface area contributed by atoms with E-state index in [2.05, 4.69) is 48.3 Å². The van der Waals surface area contributed by atoms with Gasteiger partial charge >= 0.3 is 0 Å². The molecule has 2 atom stereocenters. The van der Waals surface area contributed by atoms with E-state index >= 15 is 0 Å². The van der Waals surface area contributed by atoms with Crippen LogP contribution in [0.25, 0.3) is 0 Å². The number of nitrogens with zero attached hydrogens (tertiary/aromatic N) is 4. The molecule has 0 aliphatic carbocycles. The highest BCUT2D eigenvalue weighted by Crippen LogP contribution is 2.41. The number of ether oxygens (including phenoxy) is 1. The van der Waals surface area contributed by atoms with Crippen molar-refractivity contribution in [3.63, 3.8) is 0 Å². The van der Waals surface area contributed by atoms with Crippen molar-refractivity contribution in [2.45, 2.75) is 71.9 Å². The third kappa shape index (κ3) is 5.72. The third-order valence-electron chi connectivity index (χ3n) is 4.96. The SMILES string of the molecule is CCC(C)(CC(C)(C)C(COC(C)C)N(C)S(C)(=O)=O)c1nn[nH]n1. The second-order valence-electron chi connectivity index (χ2n) is 7.99. The summed E-state index contributed by atoms with van der Waals surface area (Å²) >= 11 is 0. The third-order valence-corrected chi connectivity index (χ3v) is 6.26. The molecular weight excluding hydrogens is 342 g/mol. The molecule has 1 aromatic rings. The molecule has 0 saturated carbocycles. The Kier molecular flexibility index (Phi) is 7.12. The fourth-order valence-electron chi connectivity index (χ4n) is 3.24. The maximum absolute atomic E-state index is 12.2. The van der Waals surface area contributed by atoms with Crippen molar-refractivity contribution in [3.8, 4) is 0 Å². The number of sulfonamides is 1. The number of tetrazole rings is 1. The van der Waals surface area contributed by atoms with Gasteiger partial charge in [0.05, 0.1) is 25.0 Å². The van der Waals surface area contributed by atoms with Crippen LogP contribution >= 0.6 is 0 Å². The van der Waals surface area contributed by atoms with E-state index in [4.69, 9.17) is 4.74 Å². The van der Waals surface area contributed by atoms with Crippen LogP contribution in [0.3, 0.4) is 0 Å². The van der Waals surface area contributed by atoms with Crippen LogP contribution in [0.5, 0.6) is 0 Å². The molecule has 9 heteroatoms. The van der Waals surface area contributed by atoms with E-state index < -0.39 is 10.0 Å². The molecule has 1 N–H and O–H groups in total. The predicted octanol–water partition coefficient (Wildman–Crippen LogP) is 1.97. The second kappa shape index (κ2) is 8.09. The van der Waals surface area contributed by atoms with Crippen LogP contribution < -0.4 is 0 Å². The second-order valence-corrected chi connectivity index (χ2v) is 10.0. The number of hydrogen-bond donors (Lipinski definition) is 1. The fourth-order valence-corrected chi connectivity index (χ4v) is 4.05.